The van der Waals surface area contributed by atoms with Gasteiger partial charge in [-0.2, -0.15) is 0 Å². The van der Waals surface area contributed by atoms with Gasteiger partial charge in [-0.15, -0.1) is 0 Å². The van der Waals surface area contributed by atoms with Crippen LogP contribution in [0.1, 0.15) is 18.5 Å². The first-order valence-corrected chi connectivity index (χ1v) is 8.15. The summed E-state index contributed by atoms with van der Waals surface area (Å²) in [5, 5.41) is 1.08. The molecule has 0 saturated heterocycles. The molecule has 0 aliphatic rings. The average Bonchev–Trinajstić information content (AvgIpc) is 2.92. The van der Waals surface area contributed by atoms with Crippen molar-refractivity contribution >= 4 is 20.7 Å². The summed E-state index contributed by atoms with van der Waals surface area (Å²) in [5.41, 5.74) is 7.50. The molecule has 1 heterocycles. The number of aromatic nitrogens is 1. The molecule has 0 spiro atoms. The van der Waals surface area contributed by atoms with E-state index in [0.717, 1.165) is 16.5 Å². The van der Waals surface area contributed by atoms with Crippen LogP contribution in [0, 0.1) is 0 Å². The number of H-pyrrole nitrogens is 1. The first-order chi connectivity index (χ1) is 9.98. The lowest BCUT2D eigenvalue weighted by molar-refractivity contribution is 0.593. The van der Waals surface area contributed by atoms with Crippen molar-refractivity contribution in [3.05, 3.63) is 60.2 Å². The Bertz CT molecular complexity index is 845. The second kappa shape index (κ2) is 5.02. The molecule has 5 heteroatoms. The van der Waals surface area contributed by atoms with Gasteiger partial charge in [0.1, 0.15) is 5.03 Å². The zero-order valence-electron chi connectivity index (χ0n) is 11.6. The Balaban J connectivity index is 2.07. The molecule has 2 aromatic carbocycles. The minimum atomic E-state index is -3.54. The highest BCUT2D eigenvalue weighted by Gasteiger charge is 2.20. The number of benzene rings is 2. The van der Waals surface area contributed by atoms with Gasteiger partial charge in [-0.25, -0.2) is 8.42 Å². The molecule has 0 aliphatic carbocycles. The topological polar surface area (TPSA) is 76.0 Å². The molecule has 0 saturated carbocycles. The lowest BCUT2D eigenvalue weighted by atomic mass is 10.1. The number of aromatic amines is 1. The zero-order valence-corrected chi connectivity index (χ0v) is 12.4. The van der Waals surface area contributed by atoms with Gasteiger partial charge >= 0.3 is 0 Å². The number of para-hydroxylation sites is 1. The van der Waals surface area contributed by atoms with Crippen LogP contribution in [0.4, 0.5) is 0 Å². The van der Waals surface area contributed by atoms with E-state index in [1.165, 1.54) is 0 Å². The molecule has 3 aromatic rings. The molecule has 0 fully saturated rings. The maximum atomic E-state index is 12.6. The van der Waals surface area contributed by atoms with Crippen molar-refractivity contribution in [3.63, 3.8) is 0 Å². The van der Waals surface area contributed by atoms with Crippen LogP contribution in [0.3, 0.4) is 0 Å². The van der Waals surface area contributed by atoms with Gasteiger partial charge in [-0.1, -0.05) is 30.3 Å². The van der Waals surface area contributed by atoms with Crippen molar-refractivity contribution in [2.75, 3.05) is 0 Å². The average molecular weight is 300 g/mol. The van der Waals surface area contributed by atoms with E-state index in [1.54, 1.807) is 30.3 Å². The Morgan fingerprint density at radius 3 is 2.33 bits per heavy atom. The molecule has 1 atom stereocenters. The summed E-state index contributed by atoms with van der Waals surface area (Å²) < 4.78 is 25.2. The molecule has 0 aliphatic heterocycles. The fraction of sp³-hybridized carbons (Fsp3) is 0.125. The SMILES string of the molecule is C[C@H](N)c1ccc(S(=O)(=O)c2cc3ccccc3[nH]2)cc1. The Hall–Kier alpha value is -2.11. The first kappa shape index (κ1) is 13.9. The van der Waals surface area contributed by atoms with Crippen molar-refractivity contribution in [1.82, 2.24) is 4.98 Å². The number of nitrogens with one attached hydrogen (secondary N) is 1. The van der Waals surface area contributed by atoms with E-state index in [-0.39, 0.29) is 16.0 Å². The van der Waals surface area contributed by atoms with E-state index in [9.17, 15) is 8.42 Å². The van der Waals surface area contributed by atoms with Gasteiger partial charge in [-0.05, 0) is 36.8 Å². The van der Waals surface area contributed by atoms with E-state index < -0.39 is 9.84 Å². The van der Waals surface area contributed by atoms with Gasteiger partial charge < -0.3 is 10.7 Å². The molecule has 0 radical (unpaired) electrons. The van der Waals surface area contributed by atoms with Gasteiger partial charge in [0, 0.05) is 16.9 Å². The van der Waals surface area contributed by atoms with E-state index in [4.69, 9.17) is 5.73 Å². The van der Waals surface area contributed by atoms with Crippen LogP contribution in [0.2, 0.25) is 0 Å². The summed E-state index contributed by atoms with van der Waals surface area (Å²) in [5.74, 6) is 0. The fourth-order valence-electron chi connectivity index (χ4n) is 2.27. The van der Waals surface area contributed by atoms with Crippen molar-refractivity contribution < 1.29 is 8.42 Å². The zero-order chi connectivity index (χ0) is 15.0. The summed E-state index contributed by atoms with van der Waals surface area (Å²) in [4.78, 5) is 3.22. The number of nitrogens with two attached hydrogens (primary N) is 1. The second-order valence-corrected chi connectivity index (χ2v) is 7.00. The molecule has 3 N–H and O–H groups in total. The lowest BCUT2D eigenvalue weighted by Crippen LogP contribution is -2.06. The molecule has 3 rings (SSSR count). The van der Waals surface area contributed by atoms with E-state index in [0.29, 0.717) is 0 Å². The normalized spacial score (nSPS) is 13.4. The Labute approximate surface area is 123 Å². The quantitative estimate of drug-likeness (QED) is 0.780. The molecule has 108 valence electrons. The number of sulfone groups is 1. The van der Waals surface area contributed by atoms with E-state index in [2.05, 4.69) is 4.98 Å². The molecule has 0 unspecified atom stereocenters. The summed E-state index contributed by atoms with van der Waals surface area (Å²) in [7, 11) is -3.54. The number of hydrogen-bond donors (Lipinski definition) is 2. The van der Waals surface area contributed by atoms with Gasteiger partial charge in [0.05, 0.1) is 4.90 Å². The fourth-order valence-corrected chi connectivity index (χ4v) is 3.54. The molecule has 4 nitrogen and oxygen atoms in total. The predicted octanol–water partition coefficient (Wildman–Crippen LogP) is 3.02. The van der Waals surface area contributed by atoms with Crippen molar-refractivity contribution in [1.29, 1.82) is 0 Å². The summed E-state index contributed by atoms with van der Waals surface area (Å²) in [6.07, 6.45) is 0. The smallest absolute Gasteiger partial charge is 0.221 e. The third kappa shape index (κ3) is 2.46. The van der Waals surface area contributed by atoms with Crippen molar-refractivity contribution in [2.24, 2.45) is 5.73 Å². The standard InChI is InChI=1S/C16H16N2O2S/c1-11(17)12-6-8-14(9-7-12)21(19,20)16-10-13-4-2-3-5-15(13)18-16/h2-11,18H,17H2,1H3/t11-/m0/s1. The first-order valence-electron chi connectivity index (χ1n) is 6.67. The highest BCUT2D eigenvalue weighted by Crippen LogP contribution is 2.25. The minimum absolute atomic E-state index is 0.116. The van der Waals surface area contributed by atoms with Crippen molar-refractivity contribution in [3.8, 4) is 0 Å². The molecule has 1 aromatic heterocycles. The lowest BCUT2D eigenvalue weighted by Gasteiger charge is -2.07. The summed E-state index contributed by atoms with van der Waals surface area (Å²) in [6, 6.07) is 15.7. The number of rotatable bonds is 3. The van der Waals surface area contributed by atoms with Crippen LogP contribution in [-0.4, -0.2) is 13.4 Å². The molecule has 0 bridgehead atoms. The van der Waals surface area contributed by atoms with Gasteiger partial charge in [-0.3, -0.25) is 0 Å². The summed E-state index contributed by atoms with van der Waals surface area (Å²) in [6.45, 7) is 1.86. The molecule has 21 heavy (non-hydrogen) atoms. The highest BCUT2D eigenvalue weighted by atomic mass is 32.2. The second-order valence-electron chi connectivity index (χ2n) is 5.08. The van der Waals surface area contributed by atoms with Gasteiger partial charge in [0.15, 0.2) is 0 Å². The maximum absolute atomic E-state index is 12.6. The van der Waals surface area contributed by atoms with Crippen LogP contribution < -0.4 is 5.73 Å². The molecular weight excluding hydrogens is 284 g/mol. The van der Waals surface area contributed by atoms with E-state index in [1.807, 2.05) is 31.2 Å². The summed E-state index contributed by atoms with van der Waals surface area (Å²) >= 11 is 0. The molecule has 0 amide bonds. The monoisotopic (exact) mass is 300 g/mol. The minimum Gasteiger partial charge on any atom is -0.345 e. The Morgan fingerprint density at radius 1 is 1.05 bits per heavy atom. The predicted molar refractivity (Wildman–Crippen MR) is 82.8 cm³/mol. The number of fused-ring (bicyclic) bond motifs is 1. The Morgan fingerprint density at radius 2 is 1.71 bits per heavy atom. The van der Waals surface area contributed by atoms with Gasteiger partial charge in [0.2, 0.25) is 9.84 Å². The van der Waals surface area contributed by atoms with Crippen molar-refractivity contribution in [2.45, 2.75) is 22.9 Å². The third-order valence-electron chi connectivity index (χ3n) is 3.51. The van der Waals surface area contributed by atoms with Crippen LogP contribution in [0.5, 0.6) is 0 Å². The third-order valence-corrected chi connectivity index (χ3v) is 5.20. The highest BCUT2D eigenvalue weighted by molar-refractivity contribution is 7.91. The number of hydrogen-bond acceptors (Lipinski definition) is 3. The maximum Gasteiger partial charge on any atom is 0.221 e. The van der Waals surface area contributed by atoms with Crippen LogP contribution in [-0.2, 0) is 9.84 Å². The van der Waals surface area contributed by atoms with Crippen LogP contribution in [0.15, 0.2) is 64.5 Å². The van der Waals surface area contributed by atoms with Crippen LogP contribution in [0.25, 0.3) is 10.9 Å². The molecular formula is C16H16N2O2S. The Kier molecular flexibility index (Phi) is 3.31. The largest absolute Gasteiger partial charge is 0.345 e. The van der Waals surface area contributed by atoms with E-state index >= 15 is 0 Å². The van der Waals surface area contributed by atoms with Crippen LogP contribution >= 0.6 is 0 Å². The van der Waals surface area contributed by atoms with Gasteiger partial charge in [0.25, 0.3) is 0 Å².